The average Bonchev–Trinajstić information content (AvgIpc) is 2.34. The molecule has 0 fully saturated rings. The molecule has 1 aromatic carbocycles. The van der Waals surface area contributed by atoms with Gasteiger partial charge in [-0.3, -0.25) is 0 Å². The Morgan fingerprint density at radius 3 is 2.53 bits per heavy atom. The average molecular weight is 236 g/mol. The van der Waals surface area contributed by atoms with Crippen LogP contribution in [0.1, 0.15) is 45.1 Å². The van der Waals surface area contributed by atoms with E-state index in [1.807, 2.05) is 12.1 Å². The first-order chi connectivity index (χ1) is 8.25. The van der Waals surface area contributed by atoms with Crippen molar-refractivity contribution in [3.63, 3.8) is 0 Å². The molecule has 0 heterocycles. The zero-order valence-electron chi connectivity index (χ0n) is 11.2. The highest BCUT2D eigenvalue weighted by Gasteiger charge is 2.06. The van der Waals surface area contributed by atoms with E-state index < -0.39 is 0 Å². The SMILES string of the molecule is CCCCOCCOc1ccccc1C(C)C. The molecule has 0 aliphatic rings. The van der Waals surface area contributed by atoms with Gasteiger partial charge in [0.05, 0.1) is 6.61 Å². The maximum Gasteiger partial charge on any atom is 0.122 e. The smallest absolute Gasteiger partial charge is 0.122 e. The van der Waals surface area contributed by atoms with Crippen molar-refractivity contribution in [2.24, 2.45) is 0 Å². The Hall–Kier alpha value is -1.02. The third-order valence-corrected chi connectivity index (χ3v) is 2.67. The van der Waals surface area contributed by atoms with Gasteiger partial charge in [0.15, 0.2) is 0 Å². The quantitative estimate of drug-likeness (QED) is 0.635. The number of hydrogen-bond donors (Lipinski definition) is 0. The van der Waals surface area contributed by atoms with Crippen LogP contribution in [-0.4, -0.2) is 19.8 Å². The molecule has 17 heavy (non-hydrogen) atoms. The minimum Gasteiger partial charge on any atom is -0.491 e. The summed E-state index contributed by atoms with van der Waals surface area (Å²) in [6.07, 6.45) is 2.31. The molecule has 96 valence electrons. The number of ether oxygens (including phenoxy) is 2. The minimum atomic E-state index is 0.493. The molecule has 0 aromatic heterocycles. The zero-order chi connectivity index (χ0) is 12.5. The van der Waals surface area contributed by atoms with E-state index in [9.17, 15) is 0 Å². The van der Waals surface area contributed by atoms with E-state index in [0.717, 1.165) is 18.8 Å². The zero-order valence-corrected chi connectivity index (χ0v) is 11.2. The van der Waals surface area contributed by atoms with Gasteiger partial charge in [0.25, 0.3) is 0 Å². The third kappa shape index (κ3) is 5.22. The number of rotatable bonds is 8. The molecule has 0 unspecified atom stereocenters. The van der Waals surface area contributed by atoms with Crippen LogP contribution in [0.3, 0.4) is 0 Å². The maximum atomic E-state index is 5.75. The molecule has 0 amide bonds. The summed E-state index contributed by atoms with van der Waals surface area (Å²) < 4.78 is 11.2. The molecule has 1 rings (SSSR count). The van der Waals surface area contributed by atoms with Gasteiger partial charge < -0.3 is 9.47 Å². The van der Waals surface area contributed by atoms with Crippen molar-refractivity contribution in [1.29, 1.82) is 0 Å². The first kappa shape index (κ1) is 14.0. The molecule has 0 aliphatic heterocycles. The van der Waals surface area contributed by atoms with Crippen molar-refractivity contribution < 1.29 is 9.47 Å². The highest BCUT2D eigenvalue weighted by atomic mass is 16.5. The lowest BCUT2D eigenvalue weighted by atomic mass is 10.0. The summed E-state index contributed by atoms with van der Waals surface area (Å²) in [6, 6.07) is 8.22. The van der Waals surface area contributed by atoms with E-state index in [2.05, 4.69) is 32.9 Å². The predicted molar refractivity (Wildman–Crippen MR) is 71.8 cm³/mol. The molecule has 0 atom stereocenters. The molecular formula is C15H24O2. The van der Waals surface area contributed by atoms with Crippen molar-refractivity contribution in [2.75, 3.05) is 19.8 Å². The number of unbranched alkanes of at least 4 members (excludes halogenated alkanes) is 1. The van der Waals surface area contributed by atoms with Gasteiger partial charge in [-0.05, 0) is 24.0 Å². The van der Waals surface area contributed by atoms with Crippen LogP contribution >= 0.6 is 0 Å². The Morgan fingerprint density at radius 1 is 1.06 bits per heavy atom. The molecule has 0 saturated carbocycles. The van der Waals surface area contributed by atoms with Crippen LogP contribution in [0.25, 0.3) is 0 Å². The summed E-state index contributed by atoms with van der Waals surface area (Å²) in [7, 11) is 0. The van der Waals surface area contributed by atoms with Crippen LogP contribution in [-0.2, 0) is 4.74 Å². The second kappa shape index (κ2) is 8.13. The Kier molecular flexibility index (Phi) is 6.71. The predicted octanol–water partition coefficient (Wildman–Crippen LogP) is 4.01. The summed E-state index contributed by atoms with van der Waals surface area (Å²) in [5.74, 6) is 1.48. The molecule has 0 aliphatic carbocycles. The van der Waals surface area contributed by atoms with Crippen LogP contribution in [0.5, 0.6) is 5.75 Å². The maximum absolute atomic E-state index is 5.75. The molecule has 2 heteroatoms. The lowest BCUT2D eigenvalue weighted by Gasteiger charge is -2.13. The molecule has 0 spiro atoms. The Balaban J connectivity index is 2.31. The van der Waals surface area contributed by atoms with Crippen LogP contribution in [0.15, 0.2) is 24.3 Å². The number of benzene rings is 1. The highest BCUT2D eigenvalue weighted by molar-refractivity contribution is 5.35. The fourth-order valence-electron chi connectivity index (χ4n) is 1.65. The second-order valence-corrected chi connectivity index (χ2v) is 4.51. The molecule has 2 nitrogen and oxygen atoms in total. The lowest BCUT2D eigenvalue weighted by Crippen LogP contribution is -2.08. The van der Waals surface area contributed by atoms with E-state index in [-0.39, 0.29) is 0 Å². The Bertz CT molecular complexity index is 308. The lowest BCUT2D eigenvalue weighted by molar-refractivity contribution is 0.0976. The van der Waals surface area contributed by atoms with E-state index in [0.29, 0.717) is 19.1 Å². The number of para-hydroxylation sites is 1. The van der Waals surface area contributed by atoms with Crippen molar-refractivity contribution in [3.8, 4) is 5.75 Å². The standard InChI is InChI=1S/C15H24O2/c1-4-5-10-16-11-12-17-15-9-7-6-8-14(15)13(2)3/h6-9,13H,4-5,10-12H2,1-3H3. The summed E-state index contributed by atoms with van der Waals surface area (Å²) >= 11 is 0. The van der Waals surface area contributed by atoms with Crippen molar-refractivity contribution >= 4 is 0 Å². The van der Waals surface area contributed by atoms with E-state index in [1.54, 1.807) is 0 Å². The van der Waals surface area contributed by atoms with Gasteiger partial charge in [0.2, 0.25) is 0 Å². The van der Waals surface area contributed by atoms with E-state index >= 15 is 0 Å². The monoisotopic (exact) mass is 236 g/mol. The molecule has 0 radical (unpaired) electrons. The van der Waals surface area contributed by atoms with Gasteiger partial charge >= 0.3 is 0 Å². The fraction of sp³-hybridized carbons (Fsp3) is 0.600. The summed E-state index contributed by atoms with van der Waals surface area (Å²) in [6.45, 7) is 8.67. The summed E-state index contributed by atoms with van der Waals surface area (Å²) in [5.41, 5.74) is 1.26. The fourth-order valence-corrected chi connectivity index (χ4v) is 1.65. The second-order valence-electron chi connectivity index (χ2n) is 4.51. The van der Waals surface area contributed by atoms with Gasteiger partial charge in [-0.15, -0.1) is 0 Å². The topological polar surface area (TPSA) is 18.5 Å². The summed E-state index contributed by atoms with van der Waals surface area (Å²) in [4.78, 5) is 0. The van der Waals surface area contributed by atoms with E-state index in [4.69, 9.17) is 9.47 Å². The third-order valence-electron chi connectivity index (χ3n) is 2.67. The van der Waals surface area contributed by atoms with Gasteiger partial charge in [-0.2, -0.15) is 0 Å². The van der Waals surface area contributed by atoms with Gasteiger partial charge in [-0.1, -0.05) is 45.4 Å². The van der Waals surface area contributed by atoms with Crippen molar-refractivity contribution in [2.45, 2.75) is 39.5 Å². The molecule has 0 saturated heterocycles. The van der Waals surface area contributed by atoms with Gasteiger partial charge in [-0.25, -0.2) is 0 Å². The normalized spacial score (nSPS) is 10.8. The molecule has 0 bridgehead atoms. The summed E-state index contributed by atoms with van der Waals surface area (Å²) in [5, 5.41) is 0. The molecular weight excluding hydrogens is 212 g/mol. The Morgan fingerprint density at radius 2 is 1.82 bits per heavy atom. The Labute approximate surface area is 105 Å². The first-order valence-electron chi connectivity index (χ1n) is 6.55. The van der Waals surface area contributed by atoms with Crippen LogP contribution in [0.2, 0.25) is 0 Å². The van der Waals surface area contributed by atoms with Crippen LogP contribution in [0.4, 0.5) is 0 Å². The first-order valence-corrected chi connectivity index (χ1v) is 6.55. The van der Waals surface area contributed by atoms with Crippen LogP contribution < -0.4 is 4.74 Å². The van der Waals surface area contributed by atoms with Crippen LogP contribution in [0, 0.1) is 0 Å². The van der Waals surface area contributed by atoms with Gasteiger partial charge in [0, 0.05) is 6.61 Å². The van der Waals surface area contributed by atoms with Gasteiger partial charge in [0.1, 0.15) is 12.4 Å². The largest absolute Gasteiger partial charge is 0.491 e. The van der Waals surface area contributed by atoms with Crippen molar-refractivity contribution in [1.82, 2.24) is 0 Å². The highest BCUT2D eigenvalue weighted by Crippen LogP contribution is 2.25. The van der Waals surface area contributed by atoms with Crippen molar-refractivity contribution in [3.05, 3.63) is 29.8 Å². The molecule has 1 aromatic rings. The van der Waals surface area contributed by atoms with E-state index in [1.165, 1.54) is 12.0 Å². The minimum absolute atomic E-state index is 0.493. The molecule has 0 N–H and O–H groups in total. The number of hydrogen-bond acceptors (Lipinski definition) is 2.